The lowest BCUT2D eigenvalue weighted by atomic mass is 10.2. The first-order valence-corrected chi connectivity index (χ1v) is 7.94. The minimum atomic E-state index is -4.42. The van der Waals surface area contributed by atoms with Gasteiger partial charge >= 0.3 is 11.9 Å². The van der Waals surface area contributed by atoms with Gasteiger partial charge in [-0.1, -0.05) is 0 Å². The van der Waals surface area contributed by atoms with Gasteiger partial charge in [-0.3, -0.25) is 19.6 Å². The first-order valence-electron chi connectivity index (χ1n) is 7.94. The maximum atomic E-state index is 12.5. The molecule has 0 unspecified atom stereocenters. The Kier molecular flexibility index (Phi) is 5.16. The number of halogens is 3. The van der Waals surface area contributed by atoms with Gasteiger partial charge in [-0.05, 0) is 30.3 Å². The van der Waals surface area contributed by atoms with Gasteiger partial charge in [0.05, 0.1) is 23.1 Å². The Morgan fingerprint density at radius 1 is 1.14 bits per heavy atom. The van der Waals surface area contributed by atoms with Gasteiger partial charge in [-0.15, -0.1) is 0 Å². The number of aromatic amines is 2. The van der Waals surface area contributed by atoms with Gasteiger partial charge in [0, 0.05) is 6.20 Å². The first-order chi connectivity index (χ1) is 13.2. The van der Waals surface area contributed by atoms with Crippen molar-refractivity contribution in [3.05, 3.63) is 68.5 Å². The van der Waals surface area contributed by atoms with Crippen LogP contribution >= 0.6 is 0 Å². The number of fused-ring (bicyclic) bond motifs is 1. The fraction of sp³-hybridized carbons (Fsp3) is 0.176. The van der Waals surface area contributed by atoms with E-state index in [1.165, 1.54) is 24.4 Å². The molecule has 0 aliphatic carbocycles. The molecule has 3 N–H and O–H groups in total. The van der Waals surface area contributed by atoms with Gasteiger partial charge in [-0.2, -0.15) is 13.2 Å². The molecule has 0 spiro atoms. The summed E-state index contributed by atoms with van der Waals surface area (Å²) in [5.41, 5.74) is -2.02. The third kappa shape index (κ3) is 4.37. The Hall–Kier alpha value is -3.63. The number of rotatable bonds is 5. The lowest BCUT2D eigenvalue weighted by Gasteiger charge is -2.10. The summed E-state index contributed by atoms with van der Waals surface area (Å²) < 4.78 is 42.7. The SMILES string of the molecule is O=C(NCCOc1ccc(C(F)(F)F)cc1)c1cnc2[nH]c(=O)[nH]c(=O)c2c1. The highest BCUT2D eigenvalue weighted by Crippen LogP contribution is 2.30. The number of carbonyl (C=O) groups is 1. The van der Waals surface area contributed by atoms with E-state index in [9.17, 15) is 27.6 Å². The number of benzene rings is 1. The zero-order valence-electron chi connectivity index (χ0n) is 14.1. The fourth-order valence-electron chi connectivity index (χ4n) is 2.35. The van der Waals surface area contributed by atoms with Crippen molar-refractivity contribution in [2.24, 2.45) is 0 Å². The van der Waals surface area contributed by atoms with Crippen LogP contribution < -0.4 is 21.3 Å². The van der Waals surface area contributed by atoms with Crippen molar-refractivity contribution in [1.29, 1.82) is 0 Å². The standard InChI is InChI=1S/C17H13F3N4O4/c18-17(19,20)10-1-3-11(4-2-10)28-6-5-21-14(25)9-7-12-13(22-8-9)23-16(27)24-15(12)26/h1-4,7-8H,5-6H2,(H,21,25)(H2,22,23,24,26,27). The molecule has 2 heterocycles. The second-order valence-electron chi connectivity index (χ2n) is 5.65. The van der Waals surface area contributed by atoms with Crippen molar-refractivity contribution in [1.82, 2.24) is 20.3 Å². The Labute approximate surface area is 154 Å². The number of nitrogens with one attached hydrogen (secondary N) is 3. The molecule has 28 heavy (non-hydrogen) atoms. The summed E-state index contributed by atoms with van der Waals surface area (Å²) in [5.74, 6) is -0.305. The van der Waals surface area contributed by atoms with Gasteiger partial charge < -0.3 is 10.1 Å². The Balaban J connectivity index is 1.56. The van der Waals surface area contributed by atoms with Crippen LogP contribution in [0.15, 0.2) is 46.1 Å². The zero-order chi connectivity index (χ0) is 20.3. The van der Waals surface area contributed by atoms with E-state index >= 15 is 0 Å². The number of ether oxygens (including phenoxy) is 1. The smallest absolute Gasteiger partial charge is 0.416 e. The third-order valence-electron chi connectivity index (χ3n) is 3.69. The number of pyridine rings is 1. The van der Waals surface area contributed by atoms with Crippen LogP contribution in [0.25, 0.3) is 11.0 Å². The first kappa shape index (κ1) is 19.1. The van der Waals surface area contributed by atoms with E-state index in [2.05, 4.69) is 15.3 Å². The lowest BCUT2D eigenvalue weighted by molar-refractivity contribution is -0.137. The van der Waals surface area contributed by atoms with Crippen LogP contribution in [-0.4, -0.2) is 34.0 Å². The molecule has 11 heteroatoms. The summed E-state index contributed by atoms with van der Waals surface area (Å²) >= 11 is 0. The molecule has 3 aromatic rings. The van der Waals surface area contributed by atoms with Crippen LogP contribution in [0, 0.1) is 0 Å². The van der Waals surface area contributed by atoms with Gasteiger partial charge in [0.25, 0.3) is 11.5 Å². The molecule has 0 aliphatic rings. The van der Waals surface area contributed by atoms with Crippen molar-refractivity contribution in [2.75, 3.05) is 13.2 Å². The van der Waals surface area contributed by atoms with E-state index in [1.807, 2.05) is 4.98 Å². The normalized spacial score (nSPS) is 11.4. The van der Waals surface area contributed by atoms with Crippen molar-refractivity contribution in [2.45, 2.75) is 6.18 Å². The molecule has 0 fully saturated rings. The molecule has 2 aromatic heterocycles. The number of H-pyrrole nitrogens is 2. The predicted molar refractivity (Wildman–Crippen MR) is 92.3 cm³/mol. The summed E-state index contributed by atoms with van der Waals surface area (Å²) in [7, 11) is 0. The molecule has 0 saturated carbocycles. The third-order valence-corrected chi connectivity index (χ3v) is 3.69. The number of aromatic nitrogens is 3. The molecule has 0 radical (unpaired) electrons. The lowest BCUT2D eigenvalue weighted by Crippen LogP contribution is -2.29. The van der Waals surface area contributed by atoms with E-state index in [0.717, 1.165) is 12.1 Å². The Bertz CT molecular complexity index is 1120. The maximum Gasteiger partial charge on any atom is 0.416 e. The average Bonchev–Trinajstić information content (AvgIpc) is 2.64. The van der Waals surface area contributed by atoms with Crippen molar-refractivity contribution in [3.8, 4) is 5.75 Å². The van der Waals surface area contributed by atoms with Crippen LogP contribution in [0.3, 0.4) is 0 Å². The number of nitrogens with zero attached hydrogens (tertiary/aromatic N) is 1. The van der Waals surface area contributed by atoms with E-state index in [0.29, 0.717) is 0 Å². The van der Waals surface area contributed by atoms with E-state index < -0.39 is 28.9 Å². The van der Waals surface area contributed by atoms with Crippen LogP contribution in [0.2, 0.25) is 0 Å². The fourth-order valence-corrected chi connectivity index (χ4v) is 2.35. The second-order valence-corrected chi connectivity index (χ2v) is 5.65. The molecule has 146 valence electrons. The highest BCUT2D eigenvalue weighted by atomic mass is 19.4. The Morgan fingerprint density at radius 3 is 2.54 bits per heavy atom. The van der Waals surface area contributed by atoms with E-state index in [4.69, 9.17) is 4.74 Å². The monoisotopic (exact) mass is 394 g/mol. The van der Waals surface area contributed by atoms with Gasteiger partial charge in [0.15, 0.2) is 0 Å². The number of hydrogen-bond acceptors (Lipinski definition) is 5. The summed E-state index contributed by atoms with van der Waals surface area (Å²) in [6.45, 7) is 0.0892. The second kappa shape index (κ2) is 7.55. The van der Waals surface area contributed by atoms with Crippen LogP contribution in [-0.2, 0) is 6.18 Å². The minimum Gasteiger partial charge on any atom is -0.492 e. The molecule has 8 nitrogen and oxygen atoms in total. The van der Waals surface area contributed by atoms with Crippen molar-refractivity contribution in [3.63, 3.8) is 0 Å². The largest absolute Gasteiger partial charge is 0.492 e. The summed E-state index contributed by atoms with van der Waals surface area (Å²) in [4.78, 5) is 43.3. The van der Waals surface area contributed by atoms with Crippen LogP contribution in [0.5, 0.6) is 5.75 Å². The summed E-state index contributed by atoms with van der Waals surface area (Å²) in [6, 6.07) is 5.45. The summed E-state index contributed by atoms with van der Waals surface area (Å²) in [6.07, 6.45) is -3.22. The van der Waals surface area contributed by atoms with Gasteiger partial charge in [0.1, 0.15) is 18.0 Å². The van der Waals surface area contributed by atoms with Gasteiger partial charge in [0.2, 0.25) is 0 Å². The molecule has 1 aromatic carbocycles. The average molecular weight is 394 g/mol. The van der Waals surface area contributed by atoms with Crippen LogP contribution in [0.4, 0.5) is 13.2 Å². The van der Waals surface area contributed by atoms with Gasteiger partial charge in [-0.25, -0.2) is 9.78 Å². The molecule has 0 bridgehead atoms. The molecule has 0 aliphatic heterocycles. The Morgan fingerprint density at radius 2 is 1.86 bits per heavy atom. The molecule has 0 atom stereocenters. The molecule has 0 saturated heterocycles. The molecular formula is C17H13F3N4O4. The van der Waals surface area contributed by atoms with Crippen LogP contribution in [0.1, 0.15) is 15.9 Å². The molecule has 3 rings (SSSR count). The highest BCUT2D eigenvalue weighted by molar-refractivity contribution is 5.96. The zero-order valence-corrected chi connectivity index (χ0v) is 14.1. The highest BCUT2D eigenvalue weighted by Gasteiger charge is 2.30. The van der Waals surface area contributed by atoms with E-state index in [-0.39, 0.29) is 35.5 Å². The topological polar surface area (TPSA) is 117 Å². The molecular weight excluding hydrogens is 381 g/mol. The quantitative estimate of drug-likeness (QED) is 0.566. The summed E-state index contributed by atoms with van der Waals surface area (Å²) in [5, 5.41) is 2.58. The number of hydrogen-bond donors (Lipinski definition) is 3. The van der Waals surface area contributed by atoms with Crippen molar-refractivity contribution >= 4 is 16.9 Å². The molecule has 1 amide bonds. The number of alkyl halides is 3. The maximum absolute atomic E-state index is 12.5. The predicted octanol–water partition coefficient (Wildman–Crippen LogP) is 1.44. The minimum absolute atomic E-state index is 0.0199. The number of carbonyl (C=O) groups excluding carboxylic acids is 1. The van der Waals surface area contributed by atoms with Crippen molar-refractivity contribution < 1.29 is 22.7 Å². The number of amides is 1. The van der Waals surface area contributed by atoms with E-state index in [1.54, 1.807) is 0 Å².